The van der Waals surface area contributed by atoms with Gasteiger partial charge in [-0.05, 0) is 49.2 Å². The van der Waals surface area contributed by atoms with Gasteiger partial charge in [-0.2, -0.15) is 12.6 Å². The van der Waals surface area contributed by atoms with E-state index < -0.39 is 9.84 Å². The van der Waals surface area contributed by atoms with Crippen LogP contribution in [0.15, 0.2) is 59.5 Å². The van der Waals surface area contributed by atoms with E-state index in [1.165, 1.54) is 0 Å². The Morgan fingerprint density at radius 2 is 1.66 bits per heavy atom. The molecule has 3 rings (SSSR count). The van der Waals surface area contributed by atoms with Gasteiger partial charge in [-0.15, -0.1) is 11.6 Å². The van der Waals surface area contributed by atoms with E-state index >= 15 is 0 Å². The third kappa shape index (κ3) is 7.40. The summed E-state index contributed by atoms with van der Waals surface area (Å²) in [6.45, 7) is 0.915. The number of alkyl halides is 1. The third-order valence-electron chi connectivity index (χ3n) is 5.38. The van der Waals surface area contributed by atoms with Gasteiger partial charge < -0.3 is 15.8 Å². The maximum Gasteiger partial charge on any atom is 0.222 e. The predicted octanol–water partition coefficient (Wildman–Crippen LogP) is 5.53. The van der Waals surface area contributed by atoms with E-state index in [1.807, 2.05) is 30.3 Å². The molecular formula is C23H30ClN2O4S2-. The first-order valence-electron chi connectivity index (χ1n) is 10.5. The number of para-hydroxylation sites is 1. The molecule has 1 saturated heterocycles. The summed E-state index contributed by atoms with van der Waals surface area (Å²) in [7, 11) is -3.50. The van der Waals surface area contributed by atoms with Crippen LogP contribution in [0.4, 0.5) is 0 Å². The van der Waals surface area contributed by atoms with Gasteiger partial charge in [-0.1, -0.05) is 24.6 Å². The number of nitrogens with zero attached hydrogens (tertiary/aromatic N) is 1. The number of hydrogen-bond acceptors (Lipinski definition) is 5. The number of halogens is 1. The van der Waals surface area contributed by atoms with Crippen LogP contribution in [-0.2, 0) is 14.6 Å². The normalized spacial score (nSPS) is 18.2. The van der Waals surface area contributed by atoms with Gasteiger partial charge in [0.1, 0.15) is 11.5 Å². The van der Waals surface area contributed by atoms with Crippen molar-refractivity contribution in [2.75, 3.05) is 24.7 Å². The van der Waals surface area contributed by atoms with Crippen molar-refractivity contribution in [1.82, 2.24) is 4.90 Å². The van der Waals surface area contributed by atoms with Crippen LogP contribution in [0, 0.1) is 5.92 Å². The lowest BCUT2D eigenvalue weighted by Crippen LogP contribution is -2.29. The smallest absolute Gasteiger partial charge is 0.222 e. The first-order chi connectivity index (χ1) is 14.9. The Bertz CT molecular complexity index is 956. The number of thiol groups is 1. The number of carbonyl (C=O) groups is 1. The Kier molecular flexibility index (Phi) is 10.3. The first-order valence-corrected chi connectivity index (χ1v) is 13.2. The van der Waals surface area contributed by atoms with Crippen molar-refractivity contribution in [3.63, 3.8) is 0 Å². The zero-order chi connectivity index (χ0) is 22.3. The fourth-order valence-corrected chi connectivity index (χ4v) is 6.02. The van der Waals surface area contributed by atoms with Crippen molar-refractivity contribution in [2.24, 2.45) is 5.92 Å². The summed E-state index contributed by atoms with van der Waals surface area (Å²) in [5.74, 6) is 1.71. The van der Waals surface area contributed by atoms with E-state index in [2.05, 4.69) is 12.6 Å². The lowest BCUT2D eigenvalue weighted by molar-refractivity contribution is -0.130. The number of ether oxygens (including phenoxy) is 1. The molecule has 2 aromatic carbocycles. The molecule has 2 atom stereocenters. The molecule has 0 bridgehead atoms. The topological polar surface area (TPSA) is 97.2 Å². The van der Waals surface area contributed by atoms with Gasteiger partial charge >= 0.3 is 0 Å². The summed E-state index contributed by atoms with van der Waals surface area (Å²) in [5, 5.41) is -0.151. The van der Waals surface area contributed by atoms with Crippen LogP contribution >= 0.6 is 24.2 Å². The maximum absolute atomic E-state index is 12.9. The SMILES string of the molecule is O=C(CCCCCCl)N1C[C@H](CS(=O)(=O)c2ccc(Oc3ccccc3)cc2)[C@@H](S)C1.[NH2-]. The molecule has 1 amide bonds. The largest absolute Gasteiger partial charge is 0.693 e. The van der Waals surface area contributed by atoms with Crippen LogP contribution in [-0.4, -0.2) is 49.2 Å². The molecule has 6 nitrogen and oxygen atoms in total. The highest BCUT2D eigenvalue weighted by Gasteiger charge is 2.36. The summed E-state index contributed by atoms with van der Waals surface area (Å²) in [5.41, 5.74) is 0. The zero-order valence-electron chi connectivity index (χ0n) is 17.9. The van der Waals surface area contributed by atoms with Crippen molar-refractivity contribution in [3.05, 3.63) is 60.7 Å². The van der Waals surface area contributed by atoms with Gasteiger partial charge in [0.05, 0.1) is 10.6 Å². The van der Waals surface area contributed by atoms with Gasteiger partial charge in [0.15, 0.2) is 9.84 Å². The van der Waals surface area contributed by atoms with Gasteiger partial charge in [0, 0.05) is 36.6 Å². The Morgan fingerprint density at radius 1 is 1.00 bits per heavy atom. The molecule has 0 saturated carbocycles. The van der Waals surface area contributed by atoms with Gasteiger partial charge in [0.25, 0.3) is 0 Å². The summed E-state index contributed by atoms with van der Waals surface area (Å²) in [4.78, 5) is 14.4. The average molecular weight is 498 g/mol. The number of rotatable bonds is 10. The predicted molar refractivity (Wildman–Crippen MR) is 132 cm³/mol. The molecule has 0 unspecified atom stereocenters. The monoisotopic (exact) mass is 497 g/mol. The number of unbranched alkanes of at least 4 members (excludes halogenated alkanes) is 2. The van der Waals surface area contributed by atoms with Crippen molar-refractivity contribution in [2.45, 2.75) is 35.8 Å². The second kappa shape index (κ2) is 12.5. The highest BCUT2D eigenvalue weighted by Crippen LogP contribution is 2.28. The highest BCUT2D eigenvalue weighted by atomic mass is 35.5. The second-order valence-electron chi connectivity index (χ2n) is 7.79. The summed E-state index contributed by atoms with van der Waals surface area (Å²) in [6.07, 6.45) is 3.11. The summed E-state index contributed by atoms with van der Waals surface area (Å²) >= 11 is 10.2. The molecule has 1 heterocycles. The Labute approximate surface area is 201 Å². The zero-order valence-corrected chi connectivity index (χ0v) is 20.4. The number of nitrogens with two attached hydrogens (primary N) is 1. The van der Waals surface area contributed by atoms with E-state index in [4.69, 9.17) is 16.3 Å². The molecule has 2 aromatic rings. The molecule has 32 heavy (non-hydrogen) atoms. The molecular weight excluding hydrogens is 468 g/mol. The lowest BCUT2D eigenvalue weighted by atomic mass is 10.1. The minimum Gasteiger partial charge on any atom is -0.693 e. The minimum absolute atomic E-state index is 0. The Balaban J connectivity index is 0.00000363. The molecule has 0 aliphatic carbocycles. The van der Waals surface area contributed by atoms with E-state index in [0.717, 1.165) is 19.3 Å². The standard InChI is InChI=1S/C23H28ClNO4S2.H2N/c24-14-6-2-5-9-23(26)25-15-18(22(30)16-25)17-31(27,28)21-12-10-20(11-13-21)29-19-7-3-1-4-8-19;/h1,3-4,7-8,10-13,18,22,30H,2,5-6,9,14-17H2;1H2/q;-1/t18-,22+;/m1./s1. The Morgan fingerprint density at radius 3 is 2.31 bits per heavy atom. The molecule has 2 N–H and O–H groups in total. The van der Waals surface area contributed by atoms with E-state index in [-0.39, 0.29) is 33.9 Å². The number of benzene rings is 2. The fourth-order valence-electron chi connectivity index (χ4n) is 3.64. The molecule has 9 heteroatoms. The van der Waals surface area contributed by atoms with E-state index in [0.29, 0.717) is 36.9 Å². The number of carbonyl (C=O) groups excluding carboxylic acids is 1. The van der Waals surface area contributed by atoms with Crippen molar-refractivity contribution < 1.29 is 17.9 Å². The number of amides is 1. The molecule has 1 aliphatic rings. The van der Waals surface area contributed by atoms with Crippen LogP contribution in [0.2, 0.25) is 0 Å². The highest BCUT2D eigenvalue weighted by molar-refractivity contribution is 7.91. The number of sulfone groups is 1. The summed E-state index contributed by atoms with van der Waals surface area (Å²) in [6, 6.07) is 15.8. The van der Waals surface area contributed by atoms with Crippen molar-refractivity contribution >= 4 is 40.0 Å². The van der Waals surface area contributed by atoms with Crippen LogP contribution in [0.5, 0.6) is 11.5 Å². The molecule has 176 valence electrons. The van der Waals surface area contributed by atoms with Crippen molar-refractivity contribution in [3.8, 4) is 11.5 Å². The Hall–Kier alpha value is -1.74. The molecule has 1 aliphatic heterocycles. The molecule has 1 fully saturated rings. The van der Waals surface area contributed by atoms with Gasteiger partial charge in [-0.25, -0.2) is 8.42 Å². The molecule has 0 radical (unpaired) electrons. The maximum atomic E-state index is 12.9. The van der Waals surface area contributed by atoms with Crippen LogP contribution in [0.25, 0.3) is 6.15 Å². The van der Waals surface area contributed by atoms with Gasteiger partial charge in [-0.3, -0.25) is 4.79 Å². The van der Waals surface area contributed by atoms with Gasteiger partial charge in [0.2, 0.25) is 5.91 Å². The minimum atomic E-state index is -3.50. The second-order valence-corrected chi connectivity index (χ2v) is 10.9. The third-order valence-corrected chi connectivity index (χ3v) is 8.09. The summed E-state index contributed by atoms with van der Waals surface area (Å²) < 4.78 is 31.6. The fraction of sp³-hybridized carbons (Fsp3) is 0.435. The number of hydrogen-bond donors (Lipinski definition) is 1. The molecule has 0 aromatic heterocycles. The quantitative estimate of drug-likeness (QED) is 0.265. The number of likely N-dealkylation sites (tertiary alicyclic amines) is 1. The van der Waals surface area contributed by atoms with E-state index in [1.54, 1.807) is 29.2 Å². The van der Waals surface area contributed by atoms with Crippen LogP contribution in [0.3, 0.4) is 0 Å². The van der Waals surface area contributed by atoms with E-state index in [9.17, 15) is 13.2 Å². The molecule has 0 spiro atoms. The first kappa shape index (κ1) is 26.5. The average Bonchev–Trinajstić information content (AvgIpc) is 3.12. The van der Waals surface area contributed by atoms with Crippen LogP contribution in [0.1, 0.15) is 25.7 Å². The van der Waals surface area contributed by atoms with Crippen molar-refractivity contribution in [1.29, 1.82) is 0 Å². The van der Waals surface area contributed by atoms with Crippen LogP contribution < -0.4 is 4.74 Å². The lowest BCUT2D eigenvalue weighted by Gasteiger charge is -2.16.